The van der Waals surface area contributed by atoms with Gasteiger partial charge >= 0.3 is 6.03 Å². The lowest BCUT2D eigenvalue weighted by molar-refractivity contribution is -0.129. The highest BCUT2D eigenvalue weighted by Gasteiger charge is 2.25. The Balaban J connectivity index is 1.73. The number of nitrogens with zero attached hydrogens (tertiary/aromatic N) is 2. The predicted molar refractivity (Wildman–Crippen MR) is 96.8 cm³/mol. The minimum Gasteiger partial charge on any atom is -0.456 e. The van der Waals surface area contributed by atoms with E-state index in [1.807, 2.05) is 13.8 Å². The Bertz CT molecular complexity index is 631. The first-order valence-corrected chi connectivity index (χ1v) is 9.12. The molecule has 0 atom stereocenters. The molecular formula is C18H28N4O4. The van der Waals surface area contributed by atoms with Crippen molar-refractivity contribution in [3.05, 3.63) is 23.7 Å². The van der Waals surface area contributed by atoms with Gasteiger partial charge in [0.1, 0.15) is 5.76 Å². The zero-order valence-corrected chi connectivity index (χ0v) is 15.7. The quantitative estimate of drug-likeness (QED) is 0.797. The van der Waals surface area contributed by atoms with Crippen LogP contribution in [0.4, 0.5) is 4.79 Å². The molecule has 8 nitrogen and oxygen atoms in total. The van der Waals surface area contributed by atoms with Crippen molar-refractivity contribution in [1.82, 2.24) is 20.4 Å². The number of amides is 4. The number of likely N-dealkylation sites (tertiary alicyclic amines) is 1. The summed E-state index contributed by atoms with van der Waals surface area (Å²) in [5, 5.41) is 5.62. The van der Waals surface area contributed by atoms with Crippen molar-refractivity contribution >= 4 is 17.8 Å². The third kappa shape index (κ3) is 5.24. The number of rotatable bonds is 6. The number of nitrogens with one attached hydrogen (secondary N) is 2. The summed E-state index contributed by atoms with van der Waals surface area (Å²) in [6, 6.07) is 3.17. The molecule has 1 aromatic heterocycles. The average Bonchev–Trinajstić information content (AvgIpc) is 3.08. The first-order valence-electron chi connectivity index (χ1n) is 9.12. The molecule has 0 unspecified atom stereocenters. The monoisotopic (exact) mass is 364 g/mol. The average molecular weight is 364 g/mol. The summed E-state index contributed by atoms with van der Waals surface area (Å²) in [5.74, 6) is 0.684. The summed E-state index contributed by atoms with van der Waals surface area (Å²) in [5.41, 5.74) is 0. The van der Waals surface area contributed by atoms with Gasteiger partial charge in [0.25, 0.3) is 5.91 Å². The van der Waals surface area contributed by atoms with Crippen LogP contribution in [0.3, 0.4) is 0 Å². The van der Waals surface area contributed by atoms with E-state index in [9.17, 15) is 14.4 Å². The van der Waals surface area contributed by atoms with Crippen LogP contribution < -0.4 is 10.6 Å². The number of aryl methyl sites for hydroxylation is 1. The molecule has 0 radical (unpaired) electrons. The summed E-state index contributed by atoms with van der Waals surface area (Å²) in [6.07, 6.45) is 1.34. The van der Waals surface area contributed by atoms with Gasteiger partial charge in [-0.05, 0) is 45.7 Å². The van der Waals surface area contributed by atoms with E-state index in [1.165, 1.54) is 0 Å². The van der Waals surface area contributed by atoms with E-state index in [0.717, 1.165) is 0 Å². The van der Waals surface area contributed by atoms with E-state index in [0.29, 0.717) is 50.5 Å². The Morgan fingerprint density at radius 3 is 2.38 bits per heavy atom. The Morgan fingerprint density at radius 1 is 1.19 bits per heavy atom. The maximum Gasteiger partial charge on any atom is 0.317 e. The van der Waals surface area contributed by atoms with Crippen molar-refractivity contribution in [2.45, 2.75) is 39.7 Å². The largest absolute Gasteiger partial charge is 0.456 e. The van der Waals surface area contributed by atoms with Crippen LogP contribution in [-0.2, 0) is 4.79 Å². The van der Waals surface area contributed by atoms with Crippen LogP contribution in [0, 0.1) is 6.92 Å². The van der Waals surface area contributed by atoms with Gasteiger partial charge in [-0.25, -0.2) is 4.79 Å². The molecule has 0 spiro atoms. The molecule has 1 aliphatic rings. The fourth-order valence-corrected chi connectivity index (χ4v) is 2.99. The Morgan fingerprint density at radius 2 is 1.85 bits per heavy atom. The molecule has 1 aliphatic heterocycles. The molecule has 2 N–H and O–H groups in total. The van der Waals surface area contributed by atoms with Crippen molar-refractivity contribution in [3.8, 4) is 0 Å². The van der Waals surface area contributed by atoms with Crippen molar-refractivity contribution in [1.29, 1.82) is 0 Å². The van der Waals surface area contributed by atoms with E-state index < -0.39 is 0 Å². The standard InChI is InChI=1S/C18H28N4O4/c1-4-21(5-2)16(23)12-19-18(25)22-10-8-14(9-11-22)20-17(24)15-7-6-13(3)26-15/h6-7,14H,4-5,8-12H2,1-3H3,(H,19,25)(H,20,24). The number of hydrogen-bond donors (Lipinski definition) is 2. The molecule has 8 heteroatoms. The molecule has 1 aromatic rings. The van der Waals surface area contributed by atoms with Crippen LogP contribution in [0.15, 0.2) is 16.5 Å². The zero-order valence-electron chi connectivity index (χ0n) is 15.7. The molecule has 0 aliphatic carbocycles. The van der Waals surface area contributed by atoms with Gasteiger partial charge in [-0.2, -0.15) is 0 Å². The Hall–Kier alpha value is -2.51. The van der Waals surface area contributed by atoms with Gasteiger partial charge in [-0.15, -0.1) is 0 Å². The summed E-state index contributed by atoms with van der Waals surface area (Å²) in [4.78, 5) is 39.6. The summed E-state index contributed by atoms with van der Waals surface area (Å²) in [6.45, 7) is 7.95. The SMILES string of the molecule is CCN(CC)C(=O)CNC(=O)N1CCC(NC(=O)c2ccc(C)o2)CC1. The summed E-state index contributed by atoms with van der Waals surface area (Å²) < 4.78 is 5.32. The Kier molecular flexibility index (Phi) is 7.06. The number of carbonyl (C=O) groups excluding carboxylic acids is 3. The third-order valence-corrected chi connectivity index (χ3v) is 4.59. The second kappa shape index (κ2) is 9.26. The lowest BCUT2D eigenvalue weighted by Crippen LogP contribution is -2.51. The topological polar surface area (TPSA) is 94.9 Å². The van der Waals surface area contributed by atoms with Gasteiger partial charge in [0, 0.05) is 32.2 Å². The highest BCUT2D eigenvalue weighted by atomic mass is 16.3. The van der Waals surface area contributed by atoms with Crippen LogP contribution >= 0.6 is 0 Å². The van der Waals surface area contributed by atoms with Gasteiger partial charge in [0.2, 0.25) is 5.91 Å². The third-order valence-electron chi connectivity index (χ3n) is 4.59. The van der Waals surface area contributed by atoms with E-state index in [-0.39, 0.29) is 30.4 Å². The molecule has 0 saturated carbocycles. The number of carbonyl (C=O) groups is 3. The predicted octanol–water partition coefficient (Wildman–Crippen LogP) is 1.36. The minimum atomic E-state index is -0.239. The molecule has 1 saturated heterocycles. The summed E-state index contributed by atoms with van der Waals surface area (Å²) in [7, 11) is 0. The van der Waals surface area contributed by atoms with Crippen LogP contribution in [0.25, 0.3) is 0 Å². The molecule has 1 fully saturated rings. The molecule has 0 bridgehead atoms. The minimum absolute atomic E-state index is 0.00858. The highest BCUT2D eigenvalue weighted by molar-refractivity contribution is 5.91. The second-order valence-corrected chi connectivity index (χ2v) is 6.37. The number of likely N-dealkylation sites (N-methyl/N-ethyl adjacent to an activating group) is 1. The fraction of sp³-hybridized carbons (Fsp3) is 0.611. The van der Waals surface area contributed by atoms with E-state index >= 15 is 0 Å². The van der Waals surface area contributed by atoms with E-state index in [4.69, 9.17) is 4.42 Å². The van der Waals surface area contributed by atoms with Crippen molar-refractivity contribution in [3.63, 3.8) is 0 Å². The van der Waals surface area contributed by atoms with E-state index in [2.05, 4.69) is 10.6 Å². The first kappa shape index (κ1) is 19.8. The van der Waals surface area contributed by atoms with Gasteiger partial charge in [0.15, 0.2) is 5.76 Å². The van der Waals surface area contributed by atoms with Crippen molar-refractivity contribution < 1.29 is 18.8 Å². The van der Waals surface area contributed by atoms with Gasteiger partial charge in [0.05, 0.1) is 6.54 Å². The van der Waals surface area contributed by atoms with Gasteiger partial charge in [-0.3, -0.25) is 9.59 Å². The second-order valence-electron chi connectivity index (χ2n) is 6.37. The lowest BCUT2D eigenvalue weighted by Gasteiger charge is -2.32. The summed E-state index contributed by atoms with van der Waals surface area (Å²) >= 11 is 0. The number of furan rings is 1. The molecule has 2 heterocycles. The molecule has 0 aromatic carbocycles. The van der Waals surface area contributed by atoms with Crippen LogP contribution in [0.2, 0.25) is 0 Å². The zero-order chi connectivity index (χ0) is 19.1. The molecule has 26 heavy (non-hydrogen) atoms. The van der Waals surface area contributed by atoms with Gasteiger partial charge in [-0.1, -0.05) is 0 Å². The van der Waals surface area contributed by atoms with Gasteiger partial charge < -0.3 is 24.9 Å². The maximum absolute atomic E-state index is 12.2. The number of urea groups is 1. The van der Waals surface area contributed by atoms with Crippen LogP contribution in [0.1, 0.15) is 43.0 Å². The van der Waals surface area contributed by atoms with Crippen molar-refractivity contribution in [2.24, 2.45) is 0 Å². The van der Waals surface area contributed by atoms with Crippen molar-refractivity contribution in [2.75, 3.05) is 32.7 Å². The number of hydrogen-bond acceptors (Lipinski definition) is 4. The maximum atomic E-state index is 12.2. The van der Waals surface area contributed by atoms with E-state index in [1.54, 1.807) is 28.9 Å². The molecule has 4 amide bonds. The Labute approximate surface area is 153 Å². The van der Waals surface area contributed by atoms with Crippen LogP contribution in [-0.4, -0.2) is 66.4 Å². The smallest absolute Gasteiger partial charge is 0.317 e. The van der Waals surface area contributed by atoms with Crippen LogP contribution in [0.5, 0.6) is 0 Å². The number of piperidine rings is 1. The molecule has 144 valence electrons. The fourth-order valence-electron chi connectivity index (χ4n) is 2.99. The first-order chi connectivity index (χ1) is 12.4. The normalized spacial score (nSPS) is 14.8. The highest BCUT2D eigenvalue weighted by Crippen LogP contribution is 2.12. The molecular weight excluding hydrogens is 336 g/mol. The lowest BCUT2D eigenvalue weighted by atomic mass is 10.1. The molecule has 2 rings (SSSR count).